The van der Waals surface area contributed by atoms with Crippen LogP contribution in [-0.4, -0.2) is 57.2 Å². The van der Waals surface area contributed by atoms with Gasteiger partial charge in [0.2, 0.25) is 5.91 Å². The summed E-state index contributed by atoms with van der Waals surface area (Å²) in [6, 6.07) is 7.02. The fourth-order valence-corrected chi connectivity index (χ4v) is 6.35. The Kier molecular flexibility index (Phi) is 6.34. The van der Waals surface area contributed by atoms with Crippen LogP contribution in [0.15, 0.2) is 53.7 Å². The van der Waals surface area contributed by atoms with E-state index in [1.807, 2.05) is 0 Å². The number of hydrogen-bond donors (Lipinski definition) is 1. The van der Waals surface area contributed by atoms with Gasteiger partial charge in [-0.25, -0.2) is 22.6 Å². The number of carbonyl (C=O) groups excluding carboxylic acids is 2. The first kappa shape index (κ1) is 25.7. The minimum Gasteiger partial charge on any atom is -0.378 e. The monoisotopic (exact) mass is 552 g/mol. The van der Waals surface area contributed by atoms with Crippen molar-refractivity contribution in [3.63, 3.8) is 0 Å². The SMILES string of the molecule is NC1=N[C@](CF)(c2cc(CC(=O)c3ccc(Cl)cn3)ccc2F)[C@@H]2C[C@]2(/C=C/C(=O)N2CC(F)(F)C2)S1. The molecule has 2 N–H and O–H groups in total. The van der Waals surface area contributed by atoms with Gasteiger partial charge in [-0.15, -0.1) is 0 Å². The summed E-state index contributed by atoms with van der Waals surface area (Å²) in [5, 5.41) is 0.396. The Morgan fingerprint density at radius 3 is 2.65 bits per heavy atom. The molecule has 12 heteroatoms. The number of amides is 1. The average Bonchev–Trinajstić information content (AvgIpc) is 3.57. The fourth-order valence-electron chi connectivity index (χ4n) is 4.92. The summed E-state index contributed by atoms with van der Waals surface area (Å²) in [4.78, 5) is 34.3. The molecule has 37 heavy (non-hydrogen) atoms. The maximum Gasteiger partial charge on any atom is 0.282 e. The van der Waals surface area contributed by atoms with Crippen LogP contribution in [0.1, 0.15) is 28.0 Å². The summed E-state index contributed by atoms with van der Waals surface area (Å²) in [5.41, 5.74) is 4.97. The number of fused-ring (bicyclic) bond motifs is 1. The Labute approximate surface area is 219 Å². The molecule has 1 aliphatic carbocycles. The van der Waals surface area contributed by atoms with Crippen molar-refractivity contribution in [1.29, 1.82) is 0 Å². The van der Waals surface area contributed by atoms with Crippen LogP contribution in [0.2, 0.25) is 5.02 Å². The zero-order valence-corrected chi connectivity index (χ0v) is 20.8. The molecule has 3 aliphatic rings. The molecule has 194 valence electrons. The van der Waals surface area contributed by atoms with Crippen molar-refractivity contribution in [3.05, 3.63) is 76.3 Å². The molecule has 1 saturated carbocycles. The number of rotatable bonds is 7. The molecule has 6 nitrogen and oxygen atoms in total. The molecular weight excluding hydrogens is 532 g/mol. The van der Waals surface area contributed by atoms with Gasteiger partial charge < -0.3 is 10.6 Å². The van der Waals surface area contributed by atoms with E-state index in [4.69, 9.17) is 17.3 Å². The van der Waals surface area contributed by atoms with Crippen LogP contribution >= 0.6 is 23.4 Å². The van der Waals surface area contributed by atoms with Crippen molar-refractivity contribution < 1.29 is 27.2 Å². The van der Waals surface area contributed by atoms with E-state index in [1.165, 1.54) is 42.6 Å². The number of benzene rings is 1. The summed E-state index contributed by atoms with van der Waals surface area (Å²) in [6.45, 7) is -2.37. The van der Waals surface area contributed by atoms with Crippen molar-refractivity contribution in [2.45, 2.75) is 29.1 Å². The van der Waals surface area contributed by atoms with Gasteiger partial charge in [-0.2, -0.15) is 0 Å². The predicted octanol–water partition coefficient (Wildman–Crippen LogP) is 4.32. The van der Waals surface area contributed by atoms with Crippen molar-refractivity contribution in [2.24, 2.45) is 16.6 Å². The minimum atomic E-state index is -2.89. The number of carbonyl (C=O) groups is 2. The van der Waals surface area contributed by atoms with E-state index in [0.717, 1.165) is 22.7 Å². The molecule has 0 spiro atoms. The standard InChI is InChI=1S/C25H21ClF4N4O2S/c26-15-2-4-18(32-10-15)19(35)8-14-1-3-17(28)16(7-14)25(11-27)20-9-23(20,37-22(31)33-25)6-5-21(36)34-12-24(29,30)13-34/h1-7,10,20H,8-9,11-13H2,(H2,31,33)/b6-5+/t20-,23+,25-/m1/s1. The number of halogens is 5. The molecule has 3 atom stereocenters. The van der Waals surface area contributed by atoms with Gasteiger partial charge in [-0.1, -0.05) is 35.5 Å². The summed E-state index contributed by atoms with van der Waals surface area (Å²) >= 11 is 6.95. The second-order valence-corrected chi connectivity index (χ2v) is 11.3. The van der Waals surface area contributed by atoms with E-state index in [-0.39, 0.29) is 28.6 Å². The Bertz CT molecular complexity index is 1330. The molecular formula is C25H21ClF4N4O2S. The van der Waals surface area contributed by atoms with Gasteiger partial charge in [0.25, 0.3) is 5.92 Å². The van der Waals surface area contributed by atoms with Gasteiger partial charge >= 0.3 is 0 Å². The minimum absolute atomic E-state index is 0.0187. The zero-order valence-electron chi connectivity index (χ0n) is 19.3. The lowest BCUT2D eigenvalue weighted by Crippen LogP contribution is -2.58. The van der Waals surface area contributed by atoms with Crippen LogP contribution in [0.25, 0.3) is 0 Å². The van der Waals surface area contributed by atoms with Gasteiger partial charge in [0.15, 0.2) is 11.0 Å². The van der Waals surface area contributed by atoms with Crippen molar-refractivity contribution in [3.8, 4) is 0 Å². The first-order valence-corrected chi connectivity index (χ1v) is 12.6. The predicted molar refractivity (Wildman–Crippen MR) is 132 cm³/mol. The second-order valence-electron chi connectivity index (χ2n) is 9.48. The third kappa shape index (κ3) is 4.74. The number of likely N-dealkylation sites (tertiary alicyclic amines) is 1. The quantitative estimate of drug-likeness (QED) is 0.314. The van der Waals surface area contributed by atoms with Gasteiger partial charge in [-0.3, -0.25) is 14.6 Å². The van der Waals surface area contributed by atoms with Gasteiger partial charge in [-0.05, 0) is 36.2 Å². The molecule has 1 saturated heterocycles. The molecule has 1 aromatic heterocycles. The zero-order chi connectivity index (χ0) is 26.6. The molecule has 2 fully saturated rings. The van der Waals surface area contributed by atoms with Gasteiger partial charge in [0, 0.05) is 34.9 Å². The number of Topliss-reactive ketones (excluding diaryl/α,β-unsaturated/α-hetero) is 1. The number of hydrogen-bond acceptors (Lipinski definition) is 6. The number of nitrogens with zero attached hydrogens (tertiary/aromatic N) is 3. The highest BCUT2D eigenvalue weighted by atomic mass is 35.5. The number of aliphatic imine (C=N–C) groups is 1. The molecule has 1 aromatic carbocycles. The van der Waals surface area contributed by atoms with Crippen LogP contribution in [0.3, 0.4) is 0 Å². The van der Waals surface area contributed by atoms with Gasteiger partial charge in [0.1, 0.15) is 23.7 Å². The maximum absolute atomic E-state index is 15.1. The number of aromatic nitrogens is 1. The van der Waals surface area contributed by atoms with E-state index in [9.17, 15) is 22.8 Å². The number of alkyl halides is 3. The van der Waals surface area contributed by atoms with Crippen LogP contribution in [0, 0.1) is 11.7 Å². The van der Waals surface area contributed by atoms with E-state index in [1.54, 1.807) is 0 Å². The lowest BCUT2D eigenvalue weighted by molar-refractivity contribution is -0.160. The second kappa shape index (κ2) is 9.13. The summed E-state index contributed by atoms with van der Waals surface area (Å²) < 4.78 is 55.3. The third-order valence-corrected chi connectivity index (χ3v) is 8.37. The van der Waals surface area contributed by atoms with Crippen molar-refractivity contribution in [1.82, 2.24) is 9.88 Å². The number of thioether (sulfide) groups is 1. The van der Waals surface area contributed by atoms with Gasteiger partial charge in [0.05, 0.1) is 18.1 Å². The molecule has 1 amide bonds. The van der Waals surface area contributed by atoms with E-state index in [2.05, 4.69) is 9.98 Å². The summed E-state index contributed by atoms with van der Waals surface area (Å²) in [5.74, 6) is -5.05. The molecule has 5 rings (SSSR count). The number of pyridine rings is 1. The number of amidine groups is 1. The lowest BCUT2D eigenvalue weighted by atomic mass is 9.83. The van der Waals surface area contributed by atoms with Crippen LogP contribution < -0.4 is 5.73 Å². The van der Waals surface area contributed by atoms with Crippen LogP contribution in [0.4, 0.5) is 17.6 Å². The molecule has 3 heterocycles. The Balaban J connectivity index is 1.41. The fraction of sp³-hybridized carbons (Fsp3) is 0.360. The van der Waals surface area contributed by atoms with E-state index >= 15 is 4.39 Å². The highest BCUT2D eigenvalue weighted by Crippen LogP contribution is 2.66. The lowest BCUT2D eigenvalue weighted by Gasteiger charge is -2.38. The normalized spacial score (nSPS) is 27.9. The third-order valence-electron chi connectivity index (χ3n) is 6.88. The highest BCUT2D eigenvalue weighted by Gasteiger charge is 2.67. The largest absolute Gasteiger partial charge is 0.378 e. The molecule has 2 aromatic rings. The first-order valence-electron chi connectivity index (χ1n) is 11.4. The maximum atomic E-state index is 15.1. The van der Waals surface area contributed by atoms with Crippen molar-refractivity contribution >= 4 is 40.2 Å². The Hall–Kier alpha value is -2.92. The average molecular weight is 553 g/mol. The van der Waals surface area contributed by atoms with Crippen LogP contribution in [-0.2, 0) is 16.8 Å². The highest BCUT2D eigenvalue weighted by molar-refractivity contribution is 8.15. The topological polar surface area (TPSA) is 88.6 Å². The molecule has 0 unspecified atom stereocenters. The Morgan fingerprint density at radius 1 is 1.24 bits per heavy atom. The molecule has 0 bridgehead atoms. The first-order chi connectivity index (χ1) is 17.5. The number of nitrogens with two attached hydrogens (primary N) is 1. The number of ketones is 1. The van der Waals surface area contributed by atoms with E-state index < -0.39 is 53.6 Å². The van der Waals surface area contributed by atoms with Crippen molar-refractivity contribution in [2.75, 3.05) is 19.8 Å². The summed E-state index contributed by atoms with van der Waals surface area (Å²) in [6.07, 6.45) is 4.31. The Morgan fingerprint density at radius 2 is 2.00 bits per heavy atom. The van der Waals surface area contributed by atoms with Crippen LogP contribution in [0.5, 0.6) is 0 Å². The molecule has 0 radical (unpaired) electrons. The smallest absolute Gasteiger partial charge is 0.282 e. The molecule has 2 aliphatic heterocycles. The summed E-state index contributed by atoms with van der Waals surface area (Å²) in [7, 11) is 0. The van der Waals surface area contributed by atoms with E-state index in [0.29, 0.717) is 17.0 Å².